The van der Waals surface area contributed by atoms with E-state index in [2.05, 4.69) is 25.7 Å². The Morgan fingerprint density at radius 1 is 1.19 bits per heavy atom. The molecule has 4 heterocycles. The Kier molecular flexibility index (Phi) is 4.82. The highest BCUT2D eigenvalue weighted by Gasteiger charge is 2.18. The zero-order valence-electron chi connectivity index (χ0n) is 13.7. The van der Waals surface area contributed by atoms with Gasteiger partial charge in [0.05, 0.1) is 25.3 Å². The van der Waals surface area contributed by atoms with Gasteiger partial charge in [0, 0.05) is 36.2 Å². The number of fused-ring (bicyclic) bond motifs is 1. The summed E-state index contributed by atoms with van der Waals surface area (Å²) in [5.74, 6) is -0.785. The number of aromatic nitrogens is 3. The molecule has 3 aromatic heterocycles. The average Bonchev–Trinajstić information content (AvgIpc) is 3.36. The van der Waals surface area contributed by atoms with E-state index >= 15 is 0 Å². The van der Waals surface area contributed by atoms with Gasteiger partial charge in [0.2, 0.25) is 5.91 Å². The van der Waals surface area contributed by atoms with Crippen LogP contribution in [0.4, 0.5) is 5.13 Å². The fourth-order valence-electron chi connectivity index (χ4n) is 2.53. The van der Waals surface area contributed by atoms with Gasteiger partial charge in [-0.15, -0.1) is 22.7 Å². The first-order valence-corrected chi connectivity index (χ1v) is 9.73. The quantitative estimate of drug-likeness (QED) is 0.634. The maximum Gasteiger partial charge on any atom is 0.289 e. The molecule has 0 atom stereocenters. The summed E-state index contributed by atoms with van der Waals surface area (Å²) < 4.78 is 7.16. The molecular weight excluding hydrogens is 376 g/mol. The molecule has 1 aliphatic rings. The molecule has 9 nitrogen and oxygen atoms in total. The van der Waals surface area contributed by atoms with Gasteiger partial charge in [0.15, 0.2) is 10.1 Å². The third-order valence-electron chi connectivity index (χ3n) is 3.81. The van der Waals surface area contributed by atoms with Crippen molar-refractivity contribution in [3.63, 3.8) is 0 Å². The van der Waals surface area contributed by atoms with Crippen LogP contribution in [0.15, 0.2) is 23.2 Å². The van der Waals surface area contributed by atoms with Gasteiger partial charge in [0.1, 0.15) is 5.69 Å². The molecule has 0 aliphatic carbocycles. The van der Waals surface area contributed by atoms with Crippen molar-refractivity contribution in [2.75, 3.05) is 31.2 Å². The molecule has 0 bridgehead atoms. The van der Waals surface area contributed by atoms with E-state index in [1.807, 2.05) is 16.0 Å². The number of hydrogen-bond donors (Lipinski definition) is 2. The summed E-state index contributed by atoms with van der Waals surface area (Å²) in [4.78, 5) is 35.7. The smallest absolute Gasteiger partial charge is 0.289 e. The Morgan fingerprint density at radius 3 is 2.85 bits per heavy atom. The zero-order chi connectivity index (χ0) is 17.9. The number of carbonyl (C=O) groups excluding carboxylic acids is 2. The van der Waals surface area contributed by atoms with Gasteiger partial charge in [-0.25, -0.2) is 9.97 Å². The van der Waals surface area contributed by atoms with Gasteiger partial charge in [0.25, 0.3) is 5.91 Å². The molecule has 1 saturated heterocycles. The lowest BCUT2D eigenvalue weighted by Gasteiger charge is -2.25. The molecule has 26 heavy (non-hydrogen) atoms. The Hall–Kier alpha value is -2.50. The minimum absolute atomic E-state index is 0.0881. The van der Waals surface area contributed by atoms with E-state index in [0.29, 0.717) is 18.9 Å². The number of nitrogens with one attached hydrogen (secondary N) is 2. The number of hydrazine groups is 1. The normalized spacial score (nSPS) is 14.5. The molecule has 0 saturated carbocycles. The van der Waals surface area contributed by atoms with E-state index in [9.17, 15) is 9.59 Å². The molecule has 4 rings (SSSR count). The molecule has 3 aromatic rings. The third kappa shape index (κ3) is 3.69. The number of ether oxygens (including phenoxy) is 1. The van der Waals surface area contributed by atoms with Crippen molar-refractivity contribution in [2.24, 2.45) is 0 Å². The number of anilines is 1. The molecule has 0 radical (unpaired) electrons. The molecule has 2 N–H and O–H groups in total. The molecule has 11 heteroatoms. The van der Waals surface area contributed by atoms with E-state index in [0.717, 1.165) is 23.2 Å². The molecule has 0 aromatic carbocycles. The summed E-state index contributed by atoms with van der Waals surface area (Å²) in [5, 5.41) is 4.38. The lowest BCUT2D eigenvalue weighted by molar-refractivity contribution is -0.121. The van der Waals surface area contributed by atoms with Crippen LogP contribution >= 0.6 is 22.7 Å². The third-order valence-corrected chi connectivity index (χ3v) is 5.48. The highest BCUT2D eigenvalue weighted by molar-refractivity contribution is 7.15. The van der Waals surface area contributed by atoms with Crippen LogP contribution < -0.4 is 15.8 Å². The maximum atomic E-state index is 12.2. The summed E-state index contributed by atoms with van der Waals surface area (Å²) in [6.07, 6.45) is 3.76. The minimum Gasteiger partial charge on any atom is -0.378 e. The maximum absolute atomic E-state index is 12.2. The first-order valence-electron chi connectivity index (χ1n) is 7.97. The van der Waals surface area contributed by atoms with Gasteiger partial charge in [-0.3, -0.25) is 24.8 Å². The number of thiazole rings is 2. The largest absolute Gasteiger partial charge is 0.378 e. The number of nitrogens with zero attached hydrogens (tertiary/aromatic N) is 4. The van der Waals surface area contributed by atoms with Gasteiger partial charge in [-0.1, -0.05) is 0 Å². The van der Waals surface area contributed by atoms with Crippen LogP contribution in [-0.4, -0.2) is 52.5 Å². The van der Waals surface area contributed by atoms with Crippen molar-refractivity contribution >= 4 is 44.6 Å². The number of amides is 2. The van der Waals surface area contributed by atoms with Crippen LogP contribution in [-0.2, 0) is 16.0 Å². The van der Waals surface area contributed by atoms with Crippen molar-refractivity contribution < 1.29 is 14.3 Å². The van der Waals surface area contributed by atoms with Crippen molar-refractivity contribution in [1.29, 1.82) is 0 Å². The highest BCUT2D eigenvalue weighted by atomic mass is 32.1. The topological polar surface area (TPSA) is 101 Å². The number of imidazole rings is 1. The molecule has 1 fully saturated rings. The second-order valence-corrected chi connectivity index (χ2v) is 7.33. The summed E-state index contributed by atoms with van der Waals surface area (Å²) in [5.41, 5.74) is 5.72. The molecular formula is C15H16N6O3S2. The van der Waals surface area contributed by atoms with Gasteiger partial charge in [-0.05, 0) is 0 Å². The summed E-state index contributed by atoms with van der Waals surface area (Å²) in [6, 6.07) is 0. The lowest BCUT2D eigenvalue weighted by atomic mass is 10.3. The summed E-state index contributed by atoms with van der Waals surface area (Å²) in [6.45, 7) is 2.83. The van der Waals surface area contributed by atoms with Crippen molar-refractivity contribution in [1.82, 2.24) is 25.2 Å². The summed E-state index contributed by atoms with van der Waals surface area (Å²) >= 11 is 2.89. The van der Waals surface area contributed by atoms with Gasteiger partial charge < -0.3 is 9.64 Å². The first kappa shape index (κ1) is 16.9. The molecule has 1 aliphatic heterocycles. The van der Waals surface area contributed by atoms with Crippen LogP contribution in [0.2, 0.25) is 0 Å². The van der Waals surface area contributed by atoms with Gasteiger partial charge in [-0.2, -0.15) is 0 Å². The summed E-state index contributed by atoms with van der Waals surface area (Å²) in [7, 11) is 0. The monoisotopic (exact) mass is 392 g/mol. The lowest BCUT2D eigenvalue weighted by Crippen LogP contribution is -2.42. The Bertz CT molecular complexity index is 898. The minimum atomic E-state index is -0.445. The van der Waals surface area contributed by atoms with Crippen LogP contribution in [0.25, 0.3) is 4.96 Å². The molecule has 136 valence electrons. The van der Waals surface area contributed by atoms with Gasteiger partial charge >= 0.3 is 0 Å². The van der Waals surface area contributed by atoms with E-state index in [1.54, 1.807) is 11.6 Å². The van der Waals surface area contributed by atoms with Crippen molar-refractivity contribution in [2.45, 2.75) is 6.42 Å². The fourth-order valence-corrected chi connectivity index (χ4v) is 4.11. The molecule has 0 unspecified atom stereocenters. The second kappa shape index (κ2) is 7.40. The van der Waals surface area contributed by atoms with Crippen LogP contribution in [0, 0.1) is 0 Å². The fraction of sp³-hybridized carbons (Fsp3) is 0.333. The Labute approximate surface area is 156 Å². The predicted molar refractivity (Wildman–Crippen MR) is 97.5 cm³/mol. The standard InChI is InChI=1S/C15H16N6O3S2/c22-12(7-10-8-21-3-6-25-14(21)16-10)18-19-13(23)11-9-26-15(17-11)20-1-4-24-5-2-20/h3,6,8-9H,1-2,4-5,7H2,(H,18,22)(H,19,23). The van der Waals surface area contributed by atoms with Crippen LogP contribution in [0.5, 0.6) is 0 Å². The number of rotatable bonds is 4. The van der Waals surface area contributed by atoms with Crippen LogP contribution in [0.3, 0.4) is 0 Å². The predicted octanol–water partition coefficient (Wildman–Crippen LogP) is 0.693. The van der Waals surface area contributed by atoms with E-state index in [-0.39, 0.29) is 18.0 Å². The van der Waals surface area contributed by atoms with Crippen molar-refractivity contribution in [3.05, 3.63) is 34.5 Å². The van der Waals surface area contributed by atoms with E-state index < -0.39 is 5.91 Å². The van der Waals surface area contributed by atoms with Crippen molar-refractivity contribution in [3.8, 4) is 0 Å². The zero-order valence-corrected chi connectivity index (χ0v) is 15.3. The Balaban J connectivity index is 1.29. The Morgan fingerprint density at radius 2 is 2.04 bits per heavy atom. The molecule has 0 spiro atoms. The average molecular weight is 392 g/mol. The second-order valence-electron chi connectivity index (χ2n) is 5.62. The van der Waals surface area contributed by atoms with E-state index in [4.69, 9.17) is 4.74 Å². The van der Waals surface area contributed by atoms with Crippen LogP contribution in [0.1, 0.15) is 16.2 Å². The number of morpholine rings is 1. The highest BCUT2D eigenvalue weighted by Crippen LogP contribution is 2.21. The molecule has 2 amide bonds. The first-order chi connectivity index (χ1) is 12.7. The number of hydrogen-bond acceptors (Lipinski definition) is 8. The number of carbonyl (C=O) groups is 2. The van der Waals surface area contributed by atoms with E-state index in [1.165, 1.54) is 22.7 Å². The SMILES string of the molecule is O=C(Cc1cn2ccsc2n1)NNC(=O)c1csc(N2CCOCC2)n1.